The van der Waals surface area contributed by atoms with Gasteiger partial charge < -0.3 is 14.6 Å². The predicted molar refractivity (Wildman–Crippen MR) is 120 cm³/mol. The van der Waals surface area contributed by atoms with E-state index in [1.54, 1.807) is 0 Å². The fourth-order valence-corrected chi connectivity index (χ4v) is 4.07. The maximum absolute atomic E-state index is 12.3. The Bertz CT molecular complexity index is 947. The molecular formula is C20H21IN4O2S. The first kappa shape index (κ1) is 20.7. The minimum atomic E-state index is -0.0675. The van der Waals surface area contributed by atoms with Crippen LogP contribution in [0, 0.1) is 10.5 Å². The molecule has 0 spiro atoms. The molecule has 0 radical (unpaired) electrons. The summed E-state index contributed by atoms with van der Waals surface area (Å²) >= 11 is 3.63. The summed E-state index contributed by atoms with van der Waals surface area (Å²) in [7, 11) is 0. The summed E-state index contributed by atoms with van der Waals surface area (Å²) in [5.74, 6) is 1.72. The summed E-state index contributed by atoms with van der Waals surface area (Å²) in [6.07, 6.45) is 0. The molecule has 1 heterocycles. The number of hydrogen-bond acceptors (Lipinski definition) is 5. The first-order chi connectivity index (χ1) is 13.6. The molecule has 28 heavy (non-hydrogen) atoms. The van der Waals surface area contributed by atoms with E-state index in [2.05, 4.69) is 38.1 Å². The van der Waals surface area contributed by atoms with Crippen LogP contribution in [0.4, 0.5) is 5.69 Å². The van der Waals surface area contributed by atoms with Crippen molar-refractivity contribution in [3.8, 4) is 5.75 Å². The Morgan fingerprint density at radius 2 is 2.00 bits per heavy atom. The third kappa shape index (κ3) is 5.48. The number of ether oxygens (including phenoxy) is 1. The lowest BCUT2D eigenvalue weighted by Gasteiger charge is -2.10. The van der Waals surface area contributed by atoms with Gasteiger partial charge in [0.05, 0.1) is 5.75 Å². The Morgan fingerprint density at radius 3 is 2.71 bits per heavy atom. The first-order valence-corrected chi connectivity index (χ1v) is 10.9. The van der Waals surface area contributed by atoms with Crippen LogP contribution in [0.1, 0.15) is 18.3 Å². The Kier molecular flexibility index (Phi) is 7.32. The van der Waals surface area contributed by atoms with Crippen LogP contribution < -0.4 is 10.1 Å². The van der Waals surface area contributed by atoms with Gasteiger partial charge in [0.25, 0.3) is 0 Å². The number of nitrogens with one attached hydrogen (secondary N) is 1. The molecule has 1 amide bonds. The summed E-state index contributed by atoms with van der Waals surface area (Å²) in [5, 5.41) is 12.1. The lowest BCUT2D eigenvalue weighted by atomic mass is 10.2. The number of amides is 1. The van der Waals surface area contributed by atoms with Gasteiger partial charge in [-0.25, -0.2) is 0 Å². The van der Waals surface area contributed by atoms with Crippen LogP contribution in [0.15, 0.2) is 53.7 Å². The second-order valence-electron chi connectivity index (χ2n) is 6.04. The second-order valence-corrected chi connectivity index (χ2v) is 8.23. The monoisotopic (exact) mass is 508 g/mol. The van der Waals surface area contributed by atoms with Crippen LogP contribution in [-0.4, -0.2) is 26.4 Å². The van der Waals surface area contributed by atoms with Gasteiger partial charge in [0.2, 0.25) is 5.91 Å². The van der Waals surface area contributed by atoms with Gasteiger partial charge in [0.15, 0.2) is 11.0 Å². The quantitative estimate of drug-likeness (QED) is 0.358. The van der Waals surface area contributed by atoms with Crippen molar-refractivity contribution < 1.29 is 9.53 Å². The fraction of sp³-hybridized carbons (Fsp3) is 0.250. The Labute approximate surface area is 182 Å². The van der Waals surface area contributed by atoms with Gasteiger partial charge in [-0.15, -0.1) is 10.2 Å². The van der Waals surface area contributed by atoms with Crippen LogP contribution in [-0.2, 0) is 17.9 Å². The number of para-hydroxylation sites is 1. The smallest absolute Gasteiger partial charge is 0.234 e. The molecule has 1 aromatic heterocycles. The molecule has 3 aromatic rings. The van der Waals surface area contributed by atoms with E-state index in [9.17, 15) is 4.79 Å². The molecule has 0 bridgehead atoms. The van der Waals surface area contributed by atoms with E-state index in [1.807, 2.05) is 66.9 Å². The molecule has 0 unspecified atom stereocenters. The molecule has 2 aromatic carbocycles. The first-order valence-electron chi connectivity index (χ1n) is 8.85. The number of anilines is 1. The summed E-state index contributed by atoms with van der Waals surface area (Å²) in [4.78, 5) is 12.3. The van der Waals surface area contributed by atoms with Gasteiger partial charge in [-0.2, -0.15) is 0 Å². The second kappa shape index (κ2) is 9.92. The molecule has 0 aliphatic heterocycles. The normalized spacial score (nSPS) is 10.7. The average Bonchev–Trinajstić information content (AvgIpc) is 3.09. The molecule has 0 saturated carbocycles. The Morgan fingerprint density at radius 1 is 1.21 bits per heavy atom. The van der Waals surface area contributed by atoms with Crippen molar-refractivity contribution in [1.82, 2.24) is 14.8 Å². The summed E-state index contributed by atoms with van der Waals surface area (Å²) in [6, 6.07) is 15.5. The summed E-state index contributed by atoms with van der Waals surface area (Å²) < 4.78 is 8.87. The zero-order valence-corrected chi connectivity index (χ0v) is 18.7. The highest BCUT2D eigenvalue weighted by atomic mass is 127. The zero-order chi connectivity index (χ0) is 19.9. The number of rotatable bonds is 8. The highest BCUT2D eigenvalue weighted by Crippen LogP contribution is 2.21. The van der Waals surface area contributed by atoms with Crippen molar-refractivity contribution in [3.05, 3.63) is 63.5 Å². The molecule has 3 rings (SSSR count). The minimum Gasteiger partial charge on any atom is -0.486 e. The van der Waals surface area contributed by atoms with Crippen molar-refractivity contribution in [1.29, 1.82) is 0 Å². The number of aryl methyl sites for hydroxylation is 1. The molecule has 0 atom stereocenters. The van der Waals surface area contributed by atoms with Gasteiger partial charge in [-0.3, -0.25) is 4.79 Å². The maximum Gasteiger partial charge on any atom is 0.234 e. The van der Waals surface area contributed by atoms with Crippen LogP contribution in [0.5, 0.6) is 5.75 Å². The number of hydrogen-bond donors (Lipinski definition) is 1. The van der Waals surface area contributed by atoms with E-state index in [0.29, 0.717) is 18.3 Å². The number of benzene rings is 2. The lowest BCUT2D eigenvalue weighted by Crippen LogP contribution is -2.15. The van der Waals surface area contributed by atoms with Gasteiger partial charge >= 0.3 is 0 Å². The van der Waals surface area contributed by atoms with Crippen LogP contribution in [0.3, 0.4) is 0 Å². The minimum absolute atomic E-state index is 0.0675. The number of aromatic nitrogens is 3. The van der Waals surface area contributed by atoms with E-state index in [4.69, 9.17) is 4.74 Å². The standard InChI is InChI=1S/C20H21IN4O2S/c1-3-25-18(12-27-16-7-5-4-6-8-16)23-24-20(25)28-13-19(26)22-17-10-9-15(21)11-14(17)2/h4-11H,3,12-13H2,1-2H3,(H,22,26). The van der Waals surface area contributed by atoms with Crippen molar-refractivity contribution in [2.45, 2.75) is 32.2 Å². The van der Waals surface area contributed by atoms with E-state index in [0.717, 1.165) is 26.4 Å². The van der Waals surface area contributed by atoms with Crippen molar-refractivity contribution in [3.63, 3.8) is 0 Å². The van der Waals surface area contributed by atoms with E-state index in [1.165, 1.54) is 11.8 Å². The molecule has 0 aliphatic carbocycles. The van der Waals surface area contributed by atoms with Crippen LogP contribution >= 0.6 is 34.4 Å². The van der Waals surface area contributed by atoms with Gasteiger partial charge in [0, 0.05) is 15.8 Å². The number of carbonyl (C=O) groups excluding carboxylic acids is 1. The van der Waals surface area contributed by atoms with Gasteiger partial charge in [-0.05, 0) is 72.3 Å². The third-order valence-electron chi connectivity index (χ3n) is 4.02. The van der Waals surface area contributed by atoms with E-state index in [-0.39, 0.29) is 11.7 Å². The Hall–Kier alpha value is -2.07. The predicted octanol–water partition coefficient (Wildman–Crippen LogP) is 4.52. The molecule has 0 aliphatic rings. The molecule has 0 saturated heterocycles. The molecule has 146 valence electrons. The summed E-state index contributed by atoms with van der Waals surface area (Å²) in [5.41, 5.74) is 1.88. The highest BCUT2D eigenvalue weighted by molar-refractivity contribution is 14.1. The van der Waals surface area contributed by atoms with E-state index < -0.39 is 0 Å². The third-order valence-corrected chi connectivity index (χ3v) is 5.65. The largest absolute Gasteiger partial charge is 0.486 e. The lowest BCUT2D eigenvalue weighted by molar-refractivity contribution is -0.113. The van der Waals surface area contributed by atoms with Crippen LogP contribution in [0.25, 0.3) is 0 Å². The molecule has 0 fully saturated rings. The number of thioether (sulfide) groups is 1. The van der Waals surface area contributed by atoms with Crippen LogP contribution in [0.2, 0.25) is 0 Å². The molecule has 8 heteroatoms. The highest BCUT2D eigenvalue weighted by Gasteiger charge is 2.14. The van der Waals surface area contributed by atoms with Crippen molar-refractivity contribution in [2.75, 3.05) is 11.1 Å². The number of nitrogens with zero attached hydrogens (tertiary/aromatic N) is 3. The zero-order valence-electron chi connectivity index (χ0n) is 15.7. The molecular weight excluding hydrogens is 487 g/mol. The average molecular weight is 508 g/mol. The maximum atomic E-state index is 12.3. The number of carbonyl (C=O) groups is 1. The SMILES string of the molecule is CCn1c(COc2ccccc2)nnc1SCC(=O)Nc1ccc(I)cc1C. The molecule has 1 N–H and O–H groups in total. The van der Waals surface area contributed by atoms with E-state index >= 15 is 0 Å². The van der Waals surface area contributed by atoms with Gasteiger partial charge in [-0.1, -0.05) is 30.0 Å². The number of halogens is 1. The topological polar surface area (TPSA) is 69.0 Å². The van der Waals surface area contributed by atoms with Gasteiger partial charge in [0.1, 0.15) is 12.4 Å². The molecule has 6 nitrogen and oxygen atoms in total. The fourth-order valence-electron chi connectivity index (χ4n) is 2.60. The van der Waals surface area contributed by atoms with Crippen molar-refractivity contribution >= 4 is 45.9 Å². The Balaban J connectivity index is 1.58. The summed E-state index contributed by atoms with van der Waals surface area (Å²) in [6.45, 7) is 5.05. The van der Waals surface area contributed by atoms with Crippen molar-refractivity contribution in [2.24, 2.45) is 0 Å².